The first kappa shape index (κ1) is 16.0. The third-order valence-electron chi connectivity index (χ3n) is 4.74. The summed E-state index contributed by atoms with van der Waals surface area (Å²) in [5.74, 6) is 1.62. The molecule has 1 fully saturated rings. The van der Waals surface area contributed by atoms with Gasteiger partial charge < -0.3 is 10.6 Å². The minimum absolute atomic E-state index is 0.580. The molecule has 0 aromatic carbocycles. The number of nitrogens with zero attached hydrogens (tertiary/aromatic N) is 1. The Morgan fingerprint density at radius 2 is 1.72 bits per heavy atom. The third kappa shape index (κ3) is 5.71. The maximum atomic E-state index is 5.70. The van der Waals surface area contributed by atoms with E-state index in [0.717, 1.165) is 18.4 Å². The molecule has 108 valence electrons. The standard InChI is InChI=1S/C16H34N2/c1-14(2)15(7-10-17)6-5-11-18-12-8-16(3,4)9-13-18/h14-15H,5-13,17H2,1-4H3. The summed E-state index contributed by atoms with van der Waals surface area (Å²) in [7, 11) is 0. The molecule has 1 atom stereocenters. The molecule has 2 heteroatoms. The Balaban J connectivity index is 2.17. The SMILES string of the molecule is CC(C)C(CCN)CCCN1CCC(C)(C)CC1. The topological polar surface area (TPSA) is 29.3 Å². The molecule has 0 bridgehead atoms. The van der Waals surface area contributed by atoms with Gasteiger partial charge in [-0.05, 0) is 75.5 Å². The van der Waals surface area contributed by atoms with Crippen LogP contribution in [0.3, 0.4) is 0 Å². The molecule has 1 aliphatic rings. The lowest BCUT2D eigenvalue weighted by molar-refractivity contribution is 0.128. The summed E-state index contributed by atoms with van der Waals surface area (Å²) in [4.78, 5) is 2.66. The number of rotatable bonds is 7. The average molecular weight is 254 g/mol. The lowest BCUT2D eigenvalue weighted by Crippen LogP contribution is -2.37. The summed E-state index contributed by atoms with van der Waals surface area (Å²) >= 11 is 0. The molecule has 18 heavy (non-hydrogen) atoms. The molecule has 0 radical (unpaired) electrons. The Kier molecular flexibility index (Phi) is 6.65. The van der Waals surface area contributed by atoms with Crippen molar-refractivity contribution >= 4 is 0 Å². The van der Waals surface area contributed by atoms with Crippen molar-refractivity contribution in [3.05, 3.63) is 0 Å². The molecular weight excluding hydrogens is 220 g/mol. The molecule has 0 aromatic heterocycles. The van der Waals surface area contributed by atoms with Gasteiger partial charge in [0.1, 0.15) is 0 Å². The van der Waals surface area contributed by atoms with E-state index in [2.05, 4.69) is 32.6 Å². The van der Waals surface area contributed by atoms with E-state index < -0.39 is 0 Å². The quantitative estimate of drug-likeness (QED) is 0.753. The molecule has 0 spiro atoms. The molecule has 2 nitrogen and oxygen atoms in total. The van der Waals surface area contributed by atoms with Gasteiger partial charge in [0, 0.05) is 0 Å². The van der Waals surface area contributed by atoms with Crippen LogP contribution in [0.4, 0.5) is 0 Å². The van der Waals surface area contributed by atoms with Gasteiger partial charge in [0.2, 0.25) is 0 Å². The molecule has 1 aliphatic heterocycles. The predicted octanol–water partition coefficient (Wildman–Crippen LogP) is 3.51. The van der Waals surface area contributed by atoms with Gasteiger partial charge in [-0.25, -0.2) is 0 Å². The molecule has 1 unspecified atom stereocenters. The van der Waals surface area contributed by atoms with Crippen LogP contribution in [0.15, 0.2) is 0 Å². The predicted molar refractivity (Wildman–Crippen MR) is 80.7 cm³/mol. The fourth-order valence-electron chi connectivity index (χ4n) is 2.98. The summed E-state index contributed by atoms with van der Waals surface area (Å²) < 4.78 is 0. The second-order valence-electron chi connectivity index (χ2n) is 7.23. The molecule has 0 aromatic rings. The lowest BCUT2D eigenvalue weighted by Gasteiger charge is -2.37. The molecule has 1 rings (SSSR count). The first-order valence-corrected chi connectivity index (χ1v) is 7.87. The normalized spacial score (nSPS) is 22.3. The van der Waals surface area contributed by atoms with Crippen molar-refractivity contribution in [3.8, 4) is 0 Å². The van der Waals surface area contributed by atoms with Crippen LogP contribution < -0.4 is 5.73 Å². The highest BCUT2D eigenvalue weighted by Gasteiger charge is 2.25. The molecule has 1 saturated heterocycles. The van der Waals surface area contributed by atoms with E-state index in [-0.39, 0.29) is 0 Å². The van der Waals surface area contributed by atoms with E-state index in [1.165, 1.54) is 51.7 Å². The van der Waals surface area contributed by atoms with E-state index in [1.54, 1.807) is 0 Å². The fraction of sp³-hybridized carbons (Fsp3) is 1.00. The van der Waals surface area contributed by atoms with E-state index in [1.807, 2.05) is 0 Å². The lowest BCUT2D eigenvalue weighted by atomic mass is 9.82. The van der Waals surface area contributed by atoms with Gasteiger partial charge >= 0.3 is 0 Å². The highest BCUT2D eigenvalue weighted by Crippen LogP contribution is 2.30. The maximum absolute atomic E-state index is 5.70. The Bertz CT molecular complexity index is 213. The van der Waals surface area contributed by atoms with Gasteiger partial charge in [-0.2, -0.15) is 0 Å². The second-order valence-corrected chi connectivity index (χ2v) is 7.23. The summed E-state index contributed by atoms with van der Waals surface area (Å²) in [5, 5.41) is 0. The van der Waals surface area contributed by atoms with Gasteiger partial charge in [-0.15, -0.1) is 0 Å². The number of nitrogens with two attached hydrogens (primary N) is 1. The molecule has 0 aliphatic carbocycles. The zero-order chi connectivity index (χ0) is 13.6. The first-order valence-electron chi connectivity index (χ1n) is 7.87. The van der Waals surface area contributed by atoms with Gasteiger partial charge in [-0.1, -0.05) is 27.7 Å². The van der Waals surface area contributed by atoms with Crippen molar-refractivity contribution in [1.29, 1.82) is 0 Å². The van der Waals surface area contributed by atoms with Crippen molar-refractivity contribution in [2.24, 2.45) is 23.0 Å². The zero-order valence-electron chi connectivity index (χ0n) is 13.0. The van der Waals surface area contributed by atoms with Crippen molar-refractivity contribution in [2.45, 2.75) is 59.8 Å². The molecule has 1 heterocycles. The smallest absolute Gasteiger partial charge is 0.00136 e. The number of hydrogen-bond acceptors (Lipinski definition) is 2. The molecule has 0 saturated carbocycles. The molecule has 0 amide bonds. The first-order chi connectivity index (χ1) is 8.44. The van der Waals surface area contributed by atoms with Gasteiger partial charge in [0.05, 0.1) is 0 Å². The van der Waals surface area contributed by atoms with Crippen molar-refractivity contribution in [3.63, 3.8) is 0 Å². The Labute approximate surface area is 114 Å². The Hall–Kier alpha value is -0.0800. The van der Waals surface area contributed by atoms with Crippen molar-refractivity contribution in [1.82, 2.24) is 4.90 Å². The van der Waals surface area contributed by atoms with Gasteiger partial charge in [0.15, 0.2) is 0 Å². The number of likely N-dealkylation sites (tertiary alicyclic amines) is 1. The van der Waals surface area contributed by atoms with Crippen LogP contribution in [0.2, 0.25) is 0 Å². The van der Waals surface area contributed by atoms with Gasteiger partial charge in [0.25, 0.3) is 0 Å². The van der Waals surface area contributed by atoms with E-state index in [9.17, 15) is 0 Å². The van der Waals surface area contributed by atoms with Crippen molar-refractivity contribution in [2.75, 3.05) is 26.2 Å². The van der Waals surface area contributed by atoms with E-state index in [4.69, 9.17) is 5.73 Å². The largest absolute Gasteiger partial charge is 0.330 e. The summed E-state index contributed by atoms with van der Waals surface area (Å²) in [6, 6.07) is 0. The van der Waals surface area contributed by atoms with Crippen LogP contribution in [0, 0.1) is 17.3 Å². The Morgan fingerprint density at radius 3 is 2.22 bits per heavy atom. The second kappa shape index (κ2) is 7.49. The van der Waals surface area contributed by atoms with Crippen LogP contribution in [0.5, 0.6) is 0 Å². The Morgan fingerprint density at radius 1 is 1.11 bits per heavy atom. The highest BCUT2D eigenvalue weighted by atomic mass is 15.1. The molecule has 2 N–H and O–H groups in total. The van der Waals surface area contributed by atoms with Crippen LogP contribution in [0.1, 0.15) is 59.8 Å². The monoisotopic (exact) mass is 254 g/mol. The van der Waals surface area contributed by atoms with Crippen LogP contribution in [0.25, 0.3) is 0 Å². The van der Waals surface area contributed by atoms with Crippen molar-refractivity contribution < 1.29 is 0 Å². The summed E-state index contributed by atoms with van der Waals surface area (Å²) in [5.41, 5.74) is 6.28. The van der Waals surface area contributed by atoms with Gasteiger partial charge in [-0.3, -0.25) is 0 Å². The maximum Gasteiger partial charge on any atom is -0.00136 e. The molecular formula is C16H34N2. The fourth-order valence-corrected chi connectivity index (χ4v) is 2.98. The van der Waals surface area contributed by atoms with Crippen LogP contribution >= 0.6 is 0 Å². The summed E-state index contributed by atoms with van der Waals surface area (Å²) in [6.07, 6.45) is 6.63. The zero-order valence-corrected chi connectivity index (χ0v) is 13.0. The van der Waals surface area contributed by atoms with E-state index >= 15 is 0 Å². The van der Waals surface area contributed by atoms with E-state index in [0.29, 0.717) is 5.41 Å². The minimum atomic E-state index is 0.580. The summed E-state index contributed by atoms with van der Waals surface area (Å²) in [6.45, 7) is 14.2. The number of hydrogen-bond donors (Lipinski definition) is 1. The van der Waals surface area contributed by atoms with Crippen LogP contribution in [-0.2, 0) is 0 Å². The van der Waals surface area contributed by atoms with Crippen LogP contribution in [-0.4, -0.2) is 31.1 Å². The average Bonchev–Trinajstić information content (AvgIpc) is 2.30. The minimum Gasteiger partial charge on any atom is -0.330 e. The highest BCUT2D eigenvalue weighted by molar-refractivity contribution is 4.78. The number of piperidine rings is 1. The third-order valence-corrected chi connectivity index (χ3v) is 4.74.